The molecule has 0 fully saturated rings. The fourth-order valence-electron chi connectivity index (χ4n) is 6.92. The van der Waals surface area contributed by atoms with E-state index < -0.39 is 65.5 Å². The highest BCUT2D eigenvalue weighted by Crippen LogP contribution is 2.29. The number of carbonyl (C=O) groups excluding carboxylic acids is 5. The van der Waals surface area contributed by atoms with E-state index in [0.717, 1.165) is 28.0 Å². The molecule has 19 nitrogen and oxygen atoms in total. The summed E-state index contributed by atoms with van der Waals surface area (Å²) in [6, 6.07) is 0. The number of Topliss-reactive ketones (excluding diaryl/α,β-unsaturated/α-hetero) is 1. The van der Waals surface area contributed by atoms with E-state index in [1.165, 1.54) is 46.7 Å². The fraction of sp³-hybridized carbons (Fsp3) is 0.525. The van der Waals surface area contributed by atoms with Crippen LogP contribution in [0.25, 0.3) is 5.65 Å². The summed E-state index contributed by atoms with van der Waals surface area (Å²) in [5.74, 6) is -2.80. The zero-order valence-corrected chi connectivity index (χ0v) is 34.5. The Bertz CT molecular complexity index is 2110. The number of ether oxygens (including phenoxy) is 3. The number of allylic oxidation sites excluding steroid dienone is 4. The third kappa shape index (κ3) is 11.9. The summed E-state index contributed by atoms with van der Waals surface area (Å²) in [4.78, 5) is 81.6. The third-order valence-corrected chi connectivity index (χ3v) is 10.2. The van der Waals surface area contributed by atoms with Crippen LogP contribution in [0, 0.1) is 11.8 Å². The maximum absolute atomic E-state index is 14.0. The maximum Gasteiger partial charge on any atom is 0.405 e. The van der Waals surface area contributed by atoms with Crippen LogP contribution in [-0.4, -0.2) is 111 Å². The topological polar surface area (TPSA) is 260 Å². The normalized spacial score (nSPS) is 23.7. The second-order valence-electron chi connectivity index (χ2n) is 14.8. The zero-order chi connectivity index (χ0) is 43.4. The minimum atomic E-state index is -1.02. The summed E-state index contributed by atoms with van der Waals surface area (Å²) >= 11 is 0. The van der Waals surface area contributed by atoms with Gasteiger partial charge in [-0.2, -0.15) is 4.68 Å². The Morgan fingerprint density at radius 3 is 2.44 bits per heavy atom. The summed E-state index contributed by atoms with van der Waals surface area (Å²) < 4.78 is 18.9. The summed E-state index contributed by atoms with van der Waals surface area (Å²) in [7, 11) is 4.34. The summed E-state index contributed by atoms with van der Waals surface area (Å²) in [5.41, 5.74) is 5.95. The minimum absolute atomic E-state index is 0.00347. The van der Waals surface area contributed by atoms with Crippen LogP contribution in [0.5, 0.6) is 0 Å². The highest BCUT2D eigenvalue weighted by atomic mass is 16.6. The molecule has 0 spiro atoms. The summed E-state index contributed by atoms with van der Waals surface area (Å²) in [6.07, 6.45) is 7.48. The van der Waals surface area contributed by atoms with Gasteiger partial charge in [0.15, 0.2) is 17.4 Å². The van der Waals surface area contributed by atoms with Gasteiger partial charge in [0.25, 0.3) is 11.8 Å². The predicted octanol–water partition coefficient (Wildman–Crippen LogP) is 1.48. The van der Waals surface area contributed by atoms with Gasteiger partial charge >= 0.3 is 11.8 Å². The van der Waals surface area contributed by atoms with Gasteiger partial charge in [-0.25, -0.2) is 19.0 Å². The van der Waals surface area contributed by atoms with Crippen molar-refractivity contribution in [1.82, 2.24) is 40.3 Å². The first-order chi connectivity index (χ1) is 28.1. The number of imidazole rings is 1. The molecule has 6 N–H and O–H groups in total. The van der Waals surface area contributed by atoms with Gasteiger partial charge < -0.3 is 41.0 Å². The molecule has 320 valence electrons. The second-order valence-corrected chi connectivity index (χ2v) is 14.8. The number of aromatic nitrogens is 5. The lowest BCUT2D eigenvalue weighted by molar-refractivity contribution is -0.120. The number of nitrogens with zero attached hydrogens (tertiary/aromatic N) is 5. The number of amides is 3. The first-order valence-corrected chi connectivity index (χ1v) is 19.4. The van der Waals surface area contributed by atoms with Crippen molar-refractivity contribution in [3.05, 3.63) is 81.0 Å². The average molecular weight is 822 g/mol. The van der Waals surface area contributed by atoms with Crippen molar-refractivity contribution in [3.8, 4) is 0 Å². The molecule has 6 atom stereocenters. The van der Waals surface area contributed by atoms with E-state index in [4.69, 9.17) is 19.9 Å². The Balaban J connectivity index is 1.46. The number of ketones is 2. The van der Waals surface area contributed by atoms with Crippen LogP contribution in [0.4, 0.5) is 4.79 Å². The number of aryl methyl sites for hydroxylation is 1. The van der Waals surface area contributed by atoms with Gasteiger partial charge in [-0.3, -0.25) is 19.2 Å². The van der Waals surface area contributed by atoms with Gasteiger partial charge in [-0.05, 0) is 51.0 Å². The van der Waals surface area contributed by atoms with Crippen molar-refractivity contribution >= 4 is 35.1 Å². The van der Waals surface area contributed by atoms with Crippen molar-refractivity contribution in [3.63, 3.8) is 0 Å². The van der Waals surface area contributed by atoms with E-state index in [2.05, 4.69) is 31.2 Å². The standard InChI is InChI=1S/C40H55N9O10/c1-22-17-26-31(42-15-10-8-9-11-16-43-38(54)32-36-46-47-48(5)40(56)49(36)21-44-32)28(50)20-27(34(26)52)45-37(53)23(2)13-12-14-29(57-6)35(59-39(41)55)25(4)19-24(3)33(51)30(18-22)58-7/h12-14,19-22,24,29-30,33,35,42,51H,8-11,15-18H2,1-7H3,(H2,41,55)(H,43,54)(H,45,53). The molecular weight excluding hydrogens is 766 g/mol. The van der Waals surface area contributed by atoms with Gasteiger partial charge in [0.1, 0.15) is 12.4 Å². The lowest BCUT2D eigenvalue weighted by Crippen LogP contribution is -2.38. The number of nitrogens with one attached hydrogen (secondary N) is 3. The second kappa shape index (κ2) is 21.3. The first kappa shape index (κ1) is 45.9. The Labute approximate surface area is 341 Å². The smallest absolute Gasteiger partial charge is 0.405 e. The number of hydrogen-bond donors (Lipinski definition) is 5. The number of unbranched alkanes of at least 4 members (excludes halogenated alkanes) is 3. The lowest BCUT2D eigenvalue weighted by atomic mass is 9.85. The van der Waals surface area contributed by atoms with E-state index in [1.807, 2.05) is 6.92 Å². The molecule has 19 heteroatoms. The Hall–Kier alpha value is -5.79. The van der Waals surface area contributed by atoms with Crippen molar-refractivity contribution < 1.29 is 43.3 Å². The van der Waals surface area contributed by atoms with Crippen molar-refractivity contribution in [2.75, 3.05) is 27.3 Å². The number of aliphatic hydroxyl groups is 1. The van der Waals surface area contributed by atoms with Gasteiger partial charge in [0.05, 0.1) is 23.6 Å². The molecule has 2 aromatic heterocycles. The van der Waals surface area contributed by atoms with E-state index in [-0.39, 0.29) is 46.2 Å². The Morgan fingerprint density at radius 1 is 1.05 bits per heavy atom. The Kier molecular flexibility index (Phi) is 16.6. The zero-order valence-electron chi connectivity index (χ0n) is 34.5. The van der Waals surface area contributed by atoms with Crippen LogP contribution >= 0.6 is 0 Å². The molecule has 0 saturated heterocycles. The van der Waals surface area contributed by atoms with Crippen LogP contribution in [0.1, 0.15) is 76.7 Å². The molecule has 3 heterocycles. The van der Waals surface area contributed by atoms with E-state index in [1.54, 1.807) is 26.0 Å². The number of hydrogen-bond acceptors (Lipinski definition) is 14. The third-order valence-electron chi connectivity index (χ3n) is 10.2. The van der Waals surface area contributed by atoms with Crippen LogP contribution in [0.2, 0.25) is 0 Å². The molecule has 59 heavy (non-hydrogen) atoms. The van der Waals surface area contributed by atoms with Gasteiger partial charge in [-0.15, -0.1) is 5.10 Å². The predicted molar refractivity (Wildman–Crippen MR) is 214 cm³/mol. The Morgan fingerprint density at radius 2 is 1.76 bits per heavy atom. The molecule has 1 aliphatic heterocycles. The van der Waals surface area contributed by atoms with Gasteiger partial charge in [0, 0.05) is 57.5 Å². The molecule has 0 radical (unpaired) electrons. The van der Waals surface area contributed by atoms with Gasteiger partial charge in [0.2, 0.25) is 11.6 Å². The molecule has 1 aliphatic carbocycles. The molecule has 6 unspecified atom stereocenters. The fourth-order valence-corrected chi connectivity index (χ4v) is 6.92. The number of methoxy groups -OCH3 is 2. The lowest BCUT2D eigenvalue weighted by Gasteiger charge is -2.30. The van der Waals surface area contributed by atoms with E-state index in [0.29, 0.717) is 37.9 Å². The van der Waals surface area contributed by atoms with Gasteiger partial charge in [-0.1, -0.05) is 56.2 Å². The molecule has 2 bridgehead atoms. The number of primary amides is 1. The highest BCUT2D eigenvalue weighted by Gasteiger charge is 2.33. The van der Waals surface area contributed by atoms with Crippen molar-refractivity contribution in [1.29, 1.82) is 0 Å². The minimum Gasteiger partial charge on any atom is -0.439 e. The van der Waals surface area contributed by atoms with Crippen LogP contribution in [0.3, 0.4) is 0 Å². The summed E-state index contributed by atoms with van der Waals surface area (Å²) in [5, 5.41) is 27.6. The van der Waals surface area contributed by atoms with Crippen molar-refractivity contribution in [2.24, 2.45) is 24.6 Å². The number of carbonyl (C=O) groups is 5. The SMILES string of the molecule is COC1C=CC=C(C)C(=O)NC2=CC(=O)C(NCCCCCCNC(=O)c3ncn4c(=O)n(C)nnc34)=C(CC(C)CC(OC)C(O)C(C)C=C(C)C1OC(N)=O)C2=O. The molecule has 0 aromatic carbocycles. The molecule has 0 saturated carbocycles. The average Bonchev–Trinajstić information content (AvgIpc) is 3.64. The molecule has 3 amide bonds. The van der Waals surface area contributed by atoms with Crippen LogP contribution in [-0.2, 0) is 35.6 Å². The maximum atomic E-state index is 14.0. The van der Waals surface area contributed by atoms with Crippen molar-refractivity contribution in [2.45, 2.75) is 90.6 Å². The number of fused-ring (bicyclic) bond motifs is 3. The summed E-state index contributed by atoms with van der Waals surface area (Å²) in [6.45, 7) is 7.67. The molecule has 2 aromatic rings. The highest BCUT2D eigenvalue weighted by molar-refractivity contribution is 6.23. The molecule has 2 aliphatic rings. The van der Waals surface area contributed by atoms with Crippen LogP contribution in [0.15, 0.2) is 69.6 Å². The van der Waals surface area contributed by atoms with E-state index in [9.17, 15) is 33.9 Å². The molecule has 4 rings (SSSR count). The number of nitrogens with two attached hydrogens (primary N) is 1. The quantitative estimate of drug-likeness (QED) is 0.115. The van der Waals surface area contributed by atoms with Crippen LogP contribution < -0.4 is 27.4 Å². The molecular formula is C40H55N9O10. The van der Waals surface area contributed by atoms with E-state index >= 15 is 0 Å². The monoisotopic (exact) mass is 821 g/mol. The largest absolute Gasteiger partial charge is 0.439 e. The first-order valence-electron chi connectivity index (χ1n) is 19.4. The number of aliphatic hydroxyl groups excluding tert-OH is 1. The number of rotatable bonds is 12.